The number of benzene rings is 12. The molecular formula is C71H46N2O. The molecule has 346 valence electrons. The molecule has 2 aliphatic rings. The Bertz CT molecular complexity index is 4300. The molecule has 15 rings (SSSR count). The van der Waals surface area contributed by atoms with Crippen LogP contribution in [0.3, 0.4) is 0 Å². The average Bonchev–Trinajstić information content (AvgIpc) is 4.05. The maximum absolute atomic E-state index is 6.69. The molecule has 0 saturated heterocycles. The monoisotopic (exact) mass is 942 g/mol. The van der Waals surface area contributed by atoms with Crippen molar-refractivity contribution in [3.63, 3.8) is 0 Å². The van der Waals surface area contributed by atoms with E-state index in [0.717, 1.165) is 66.9 Å². The molecule has 0 N–H and O–H groups in total. The van der Waals surface area contributed by atoms with E-state index in [0.29, 0.717) is 0 Å². The number of fused-ring (bicyclic) bond motifs is 13. The molecule has 1 aromatic heterocycles. The first kappa shape index (κ1) is 42.0. The normalized spacial score (nSPS) is 12.9. The predicted molar refractivity (Wildman–Crippen MR) is 308 cm³/mol. The SMILES string of the molecule is c1ccc(N2c3ccccc3C3(c4ccccc4-c4ccc(N(c5cccc(-c6cccc7c6oc6ccccc67)c5)c5ccccc5-c5ccccc5-c5cccc6ccccc56)cc43)c3ccccc32)cc1. The predicted octanol–water partition coefficient (Wildman–Crippen LogP) is 19.4. The molecule has 74 heavy (non-hydrogen) atoms. The molecule has 1 aliphatic carbocycles. The quantitative estimate of drug-likeness (QED) is 0.159. The van der Waals surface area contributed by atoms with Crippen molar-refractivity contribution in [2.75, 3.05) is 9.80 Å². The van der Waals surface area contributed by atoms with Crippen LogP contribution in [0, 0.1) is 0 Å². The van der Waals surface area contributed by atoms with Crippen LogP contribution >= 0.6 is 0 Å². The first-order chi connectivity index (χ1) is 36.7. The summed E-state index contributed by atoms with van der Waals surface area (Å²) in [6.07, 6.45) is 0. The van der Waals surface area contributed by atoms with Crippen LogP contribution in [0.5, 0.6) is 0 Å². The summed E-state index contributed by atoms with van der Waals surface area (Å²) in [4.78, 5) is 4.94. The third-order valence-electron chi connectivity index (χ3n) is 15.7. The van der Waals surface area contributed by atoms with E-state index in [1.54, 1.807) is 0 Å². The number of nitrogens with zero attached hydrogens (tertiary/aromatic N) is 2. The number of furan rings is 1. The topological polar surface area (TPSA) is 19.6 Å². The van der Waals surface area contributed by atoms with Gasteiger partial charge in [-0.1, -0.05) is 218 Å². The minimum Gasteiger partial charge on any atom is -0.455 e. The second-order valence-corrected chi connectivity index (χ2v) is 19.5. The summed E-state index contributed by atoms with van der Waals surface area (Å²) < 4.78 is 6.69. The minimum atomic E-state index is -0.634. The highest BCUT2D eigenvalue weighted by molar-refractivity contribution is 6.10. The molecule has 0 saturated carbocycles. The van der Waals surface area contributed by atoms with Gasteiger partial charge in [-0.15, -0.1) is 0 Å². The summed E-state index contributed by atoms with van der Waals surface area (Å²) in [6, 6.07) is 102. The molecule has 0 amide bonds. The van der Waals surface area contributed by atoms with Gasteiger partial charge in [0.05, 0.1) is 22.5 Å². The Labute approximate surface area is 430 Å². The number of hydrogen-bond donors (Lipinski definition) is 0. The van der Waals surface area contributed by atoms with E-state index in [-0.39, 0.29) is 0 Å². The van der Waals surface area contributed by atoms with Crippen LogP contribution in [-0.4, -0.2) is 0 Å². The van der Waals surface area contributed by atoms with Crippen LogP contribution in [0.4, 0.5) is 34.1 Å². The highest BCUT2D eigenvalue weighted by atomic mass is 16.3. The lowest BCUT2D eigenvalue weighted by Crippen LogP contribution is -2.36. The van der Waals surface area contributed by atoms with Gasteiger partial charge in [0.25, 0.3) is 0 Å². The summed E-state index contributed by atoms with van der Waals surface area (Å²) in [5, 5.41) is 4.67. The lowest BCUT2D eigenvalue weighted by molar-refractivity contribution is 0.670. The van der Waals surface area contributed by atoms with Gasteiger partial charge in [0.1, 0.15) is 11.2 Å². The zero-order chi connectivity index (χ0) is 48.7. The fourth-order valence-corrected chi connectivity index (χ4v) is 12.6. The van der Waals surface area contributed by atoms with Gasteiger partial charge in [-0.25, -0.2) is 0 Å². The van der Waals surface area contributed by atoms with Gasteiger partial charge in [0.2, 0.25) is 0 Å². The third-order valence-corrected chi connectivity index (χ3v) is 15.7. The van der Waals surface area contributed by atoms with Crippen molar-refractivity contribution in [3.05, 3.63) is 301 Å². The molecule has 1 aliphatic heterocycles. The van der Waals surface area contributed by atoms with Crippen molar-refractivity contribution in [1.82, 2.24) is 0 Å². The van der Waals surface area contributed by atoms with Gasteiger partial charge in [0.15, 0.2) is 0 Å². The highest BCUT2D eigenvalue weighted by Gasteiger charge is 2.52. The van der Waals surface area contributed by atoms with Crippen LogP contribution in [-0.2, 0) is 5.41 Å². The van der Waals surface area contributed by atoms with Crippen LogP contribution in [0.15, 0.2) is 283 Å². The Balaban J connectivity index is 0.997. The standard InChI is InChI=1S/C71H46N2O/c1-2-24-49(25-3-1)73-67-40-15-12-37-63(67)71(64-38-13-16-41-68(64)73)62-36-11-8-30-57(62)58-44-43-51(46-65(58)71)72(50-26-18-23-48(45-50)53-33-20-35-61-60-32-10-17-42-69(60)74-70(53)61)66-39-14-9-31-59(66)56-29-7-6-28-55(56)54-34-19-22-47-21-4-5-27-52(47)54/h1-46H. The second-order valence-electron chi connectivity index (χ2n) is 19.5. The zero-order valence-electron chi connectivity index (χ0n) is 40.4. The number of para-hydroxylation sites is 6. The van der Waals surface area contributed by atoms with Crippen molar-refractivity contribution in [3.8, 4) is 44.5 Å². The van der Waals surface area contributed by atoms with Crippen LogP contribution in [0.25, 0.3) is 77.2 Å². The van der Waals surface area contributed by atoms with Gasteiger partial charge in [-0.2, -0.15) is 0 Å². The first-order valence-corrected chi connectivity index (χ1v) is 25.5. The number of hydrogen-bond acceptors (Lipinski definition) is 3. The van der Waals surface area contributed by atoms with Gasteiger partial charge in [-0.3, -0.25) is 0 Å². The minimum absolute atomic E-state index is 0.634. The maximum Gasteiger partial charge on any atom is 0.143 e. The summed E-state index contributed by atoms with van der Waals surface area (Å²) in [7, 11) is 0. The molecule has 0 radical (unpaired) electrons. The Morgan fingerprint density at radius 2 is 0.865 bits per heavy atom. The molecule has 0 unspecified atom stereocenters. The van der Waals surface area contributed by atoms with Gasteiger partial charge in [-0.05, 0) is 127 Å². The Morgan fingerprint density at radius 1 is 0.324 bits per heavy atom. The Morgan fingerprint density at radius 3 is 1.68 bits per heavy atom. The lowest BCUT2D eigenvalue weighted by Gasteiger charge is -2.45. The molecule has 0 fully saturated rings. The van der Waals surface area contributed by atoms with Crippen molar-refractivity contribution in [2.24, 2.45) is 0 Å². The van der Waals surface area contributed by atoms with Gasteiger partial charge < -0.3 is 14.2 Å². The fraction of sp³-hybridized carbons (Fsp3) is 0.0141. The largest absolute Gasteiger partial charge is 0.455 e. The van der Waals surface area contributed by atoms with E-state index >= 15 is 0 Å². The summed E-state index contributed by atoms with van der Waals surface area (Å²) in [5.41, 5.74) is 22.1. The highest BCUT2D eigenvalue weighted by Crippen LogP contribution is 2.64. The van der Waals surface area contributed by atoms with Crippen LogP contribution < -0.4 is 9.80 Å². The fourth-order valence-electron chi connectivity index (χ4n) is 12.6. The number of anilines is 6. The van der Waals surface area contributed by atoms with Crippen molar-refractivity contribution >= 4 is 66.8 Å². The summed E-state index contributed by atoms with van der Waals surface area (Å²) in [6.45, 7) is 0. The Kier molecular flexibility index (Phi) is 9.48. The number of rotatable bonds is 7. The lowest BCUT2D eigenvalue weighted by atomic mass is 9.64. The van der Waals surface area contributed by atoms with Crippen LogP contribution in [0.1, 0.15) is 22.3 Å². The zero-order valence-corrected chi connectivity index (χ0v) is 40.4. The van der Waals surface area contributed by atoms with Crippen molar-refractivity contribution in [2.45, 2.75) is 5.41 Å². The first-order valence-electron chi connectivity index (χ1n) is 25.5. The van der Waals surface area contributed by atoms with E-state index in [2.05, 4.69) is 283 Å². The summed E-state index contributed by atoms with van der Waals surface area (Å²) in [5.74, 6) is 0. The molecule has 0 atom stereocenters. The van der Waals surface area contributed by atoms with Gasteiger partial charge >= 0.3 is 0 Å². The summed E-state index contributed by atoms with van der Waals surface area (Å²) >= 11 is 0. The van der Waals surface area contributed by atoms with E-state index < -0.39 is 5.41 Å². The van der Waals surface area contributed by atoms with E-state index in [4.69, 9.17) is 4.42 Å². The van der Waals surface area contributed by atoms with Crippen molar-refractivity contribution in [1.29, 1.82) is 0 Å². The molecule has 3 heteroatoms. The molecule has 0 bridgehead atoms. The third kappa shape index (κ3) is 6.20. The van der Waals surface area contributed by atoms with Gasteiger partial charge in [0, 0.05) is 39.0 Å². The molecular weight excluding hydrogens is 897 g/mol. The van der Waals surface area contributed by atoms with Crippen LogP contribution in [0.2, 0.25) is 0 Å². The maximum atomic E-state index is 6.69. The van der Waals surface area contributed by atoms with Crippen molar-refractivity contribution < 1.29 is 4.42 Å². The molecule has 12 aromatic carbocycles. The smallest absolute Gasteiger partial charge is 0.143 e. The second kappa shape index (κ2) is 16.7. The van der Waals surface area contributed by atoms with E-state index in [1.165, 1.54) is 66.7 Å². The molecule has 2 heterocycles. The Hall–Kier alpha value is -9.70. The molecule has 13 aromatic rings. The van der Waals surface area contributed by atoms with E-state index in [9.17, 15) is 0 Å². The molecule has 3 nitrogen and oxygen atoms in total. The average molecular weight is 943 g/mol. The molecule has 1 spiro atoms. The van der Waals surface area contributed by atoms with E-state index in [1.807, 2.05) is 6.07 Å².